The maximum atomic E-state index is 12.8. The average Bonchev–Trinajstić information content (AvgIpc) is 3.41. The van der Waals surface area contributed by atoms with Gasteiger partial charge in [0, 0.05) is 22.9 Å². The number of benzene rings is 1. The Labute approximate surface area is 237 Å². The summed E-state index contributed by atoms with van der Waals surface area (Å²) in [5.41, 5.74) is 2.77. The van der Waals surface area contributed by atoms with Gasteiger partial charge in [0.05, 0.1) is 17.9 Å². The minimum absolute atomic E-state index is 0.151. The Morgan fingerprint density at radius 2 is 2.13 bits per heavy atom. The van der Waals surface area contributed by atoms with Gasteiger partial charge in [0.2, 0.25) is 5.91 Å². The van der Waals surface area contributed by atoms with Gasteiger partial charge in [-0.2, -0.15) is 5.26 Å². The molecule has 0 radical (unpaired) electrons. The summed E-state index contributed by atoms with van der Waals surface area (Å²) in [4.78, 5) is 14.1. The first-order valence-electron chi connectivity index (χ1n) is 12.9. The van der Waals surface area contributed by atoms with Gasteiger partial charge < -0.3 is 14.6 Å². The van der Waals surface area contributed by atoms with Gasteiger partial charge in [0.15, 0.2) is 5.16 Å². The second kappa shape index (κ2) is 13.8. The van der Waals surface area contributed by atoms with Gasteiger partial charge in [-0.1, -0.05) is 42.3 Å². The largest absolute Gasteiger partial charge is 0.493 e. The number of nitrogens with zero attached hydrogens (tertiary/aromatic N) is 4. The zero-order valence-electron chi connectivity index (χ0n) is 21.6. The second-order valence-electron chi connectivity index (χ2n) is 9.23. The molecule has 1 aromatic carbocycles. The molecule has 10 heteroatoms. The lowest BCUT2D eigenvalue weighted by Crippen LogP contribution is -2.15. The first-order chi connectivity index (χ1) is 18.5. The summed E-state index contributed by atoms with van der Waals surface area (Å²) in [6.07, 6.45) is 9.79. The Morgan fingerprint density at radius 1 is 1.32 bits per heavy atom. The molecule has 1 aliphatic carbocycles. The lowest BCUT2D eigenvalue weighted by Gasteiger charge is -2.10. The highest BCUT2D eigenvalue weighted by Crippen LogP contribution is 2.36. The van der Waals surface area contributed by atoms with E-state index in [1.54, 1.807) is 17.4 Å². The van der Waals surface area contributed by atoms with Crippen LogP contribution in [0.25, 0.3) is 0 Å². The van der Waals surface area contributed by atoms with Gasteiger partial charge in [0.1, 0.15) is 22.6 Å². The Bertz CT molecular complexity index is 1330. The smallest absolute Gasteiger partial charge is 0.235 e. The third-order valence-electron chi connectivity index (χ3n) is 6.41. The predicted molar refractivity (Wildman–Crippen MR) is 154 cm³/mol. The van der Waals surface area contributed by atoms with Crippen LogP contribution in [0.2, 0.25) is 5.02 Å². The number of carbonyl (C=O) groups is 1. The molecule has 2 aromatic heterocycles. The van der Waals surface area contributed by atoms with E-state index in [-0.39, 0.29) is 11.7 Å². The van der Waals surface area contributed by atoms with Crippen molar-refractivity contribution in [2.75, 3.05) is 17.7 Å². The number of aryl methyl sites for hydroxylation is 3. The molecule has 0 fully saturated rings. The van der Waals surface area contributed by atoms with Crippen molar-refractivity contribution < 1.29 is 9.53 Å². The number of carbonyl (C=O) groups excluding carboxylic acids is 1. The normalized spacial score (nSPS) is 13.2. The maximum Gasteiger partial charge on any atom is 0.235 e. The van der Waals surface area contributed by atoms with Gasteiger partial charge in [-0.25, -0.2) is 0 Å². The number of anilines is 1. The molecular weight excluding hydrogens is 538 g/mol. The molecule has 0 aliphatic heterocycles. The highest BCUT2D eigenvalue weighted by Gasteiger charge is 2.21. The van der Waals surface area contributed by atoms with E-state index in [4.69, 9.17) is 16.3 Å². The fourth-order valence-electron chi connectivity index (χ4n) is 4.53. The standard InChI is InChI=1S/C28H32ClN5O2S2/c1-3-14-34-25(11-8-15-36-23-13-12-20(29)16-19(23)2)32-33-28(34)37-18-26(35)31-27-22(17-30)21-9-6-4-5-7-10-24(21)38-27/h3,12-13,16H,1,4-11,14-15,18H2,2H3,(H,31,35). The average molecular weight is 570 g/mol. The Morgan fingerprint density at radius 3 is 2.89 bits per heavy atom. The van der Waals surface area contributed by atoms with Gasteiger partial charge in [-0.15, -0.1) is 28.1 Å². The number of halogens is 1. The van der Waals surface area contributed by atoms with E-state index >= 15 is 0 Å². The van der Waals surface area contributed by atoms with Crippen LogP contribution in [0.1, 0.15) is 59.5 Å². The Balaban J connectivity index is 1.33. The first-order valence-corrected chi connectivity index (χ1v) is 15.1. The number of nitrogens with one attached hydrogen (secondary N) is 1. The van der Waals surface area contributed by atoms with Crippen LogP contribution in [-0.4, -0.2) is 33.0 Å². The van der Waals surface area contributed by atoms with Crippen molar-refractivity contribution in [3.63, 3.8) is 0 Å². The van der Waals surface area contributed by atoms with Crippen LogP contribution in [-0.2, 0) is 30.6 Å². The van der Waals surface area contributed by atoms with Crippen LogP contribution in [0, 0.1) is 18.3 Å². The van der Waals surface area contributed by atoms with Crippen LogP contribution in [0.15, 0.2) is 36.0 Å². The Hall–Kier alpha value is -2.80. The van der Waals surface area contributed by atoms with E-state index in [1.165, 1.54) is 29.5 Å². The molecule has 4 rings (SSSR count). The predicted octanol–water partition coefficient (Wildman–Crippen LogP) is 6.76. The van der Waals surface area contributed by atoms with Crippen LogP contribution >= 0.6 is 34.7 Å². The van der Waals surface area contributed by atoms with E-state index < -0.39 is 0 Å². The van der Waals surface area contributed by atoms with E-state index in [0.29, 0.717) is 40.3 Å². The third kappa shape index (κ3) is 7.19. The number of fused-ring (bicyclic) bond motifs is 1. The monoisotopic (exact) mass is 569 g/mol. The number of thiophene rings is 1. The fourth-order valence-corrected chi connectivity index (χ4v) is 6.78. The van der Waals surface area contributed by atoms with Crippen molar-refractivity contribution in [1.29, 1.82) is 5.26 Å². The number of hydrogen-bond donors (Lipinski definition) is 1. The van der Waals surface area contributed by atoms with Gasteiger partial charge in [-0.3, -0.25) is 4.79 Å². The van der Waals surface area contributed by atoms with Crippen molar-refractivity contribution in [3.05, 3.63) is 63.3 Å². The van der Waals surface area contributed by atoms with Crippen molar-refractivity contribution in [2.45, 2.75) is 70.0 Å². The van der Waals surface area contributed by atoms with Crippen LogP contribution < -0.4 is 10.1 Å². The SMILES string of the molecule is C=CCn1c(CCCOc2ccc(Cl)cc2C)nnc1SCC(=O)Nc1sc2c(c1C#N)CCCCCC2. The molecule has 200 valence electrons. The van der Waals surface area contributed by atoms with Crippen molar-refractivity contribution in [1.82, 2.24) is 14.8 Å². The summed E-state index contributed by atoms with van der Waals surface area (Å²) < 4.78 is 7.88. The molecule has 1 amide bonds. The number of allylic oxidation sites excluding steroid dienone is 1. The molecule has 0 unspecified atom stereocenters. The quantitative estimate of drug-likeness (QED) is 0.156. The molecule has 1 aliphatic rings. The van der Waals surface area contributed by atoms with E-state index in [9.17, 15) is 10.1 Å². The molecule has 38 heavy (non-hydrogen) atoms. The zero-order chi connectivity index (χ0) is 26.9. The summed E-state index contributed by atoms with van der Waals surface area (Å²) in [6, 6.07) is 7.92. The molecule has 7 nitrogen and oxygen atoms in total. The lowest BCUT2D eigenvalue weighted by atomic mass is 9.97. The van der Waals surface area contributed by atoms with Crippen LogP contribution in [0.3, 0.4) is 0 Å². The summed E-state index contributed by atoms with van der Waals surface area (Å²) in [7, 11) is 0. The van der Waals surface area contributed by atoms with E-state index in [1.807, 2.05) is 29.7 Å². The Kier molecular flexibility index (Phi) is 10.3. The molecule has 0 spiro atoms. The van der Waals surface area contributed by atoms with Crippen molar-refractivity contribution >= 4 is 45.6 Å². The molecule has 0 saturated heterocycles. The topological polar surface area (TPSA) is 92.8 Å². The van der Waals surface area contributed by atoms with Gasteiger partial charge >= 0.3 is 0 Å². The zero-order valence-corrected chi connectivity index (χ0v) is 24.0. The van der Waals surface area contributed by atoms with Gasteiger partial charge in [0.25, 0.3) is 0 Å². The minimum Gasteiger partial charge on any atom is -0.493 e. The highest BCUT2D eigenvalue weighted by atomic mass is 35.5. The number of ether oxygens (including phenoxy) is 1. The summed E-state index contributed by atoms with van der Waals surface area (Å²) in [6.45, 7) is 6.92. The third-order valence-corrected chi connectivity index (χ3v) is 8.82. The second-order valence-corrected chi connectivity index (χ2v) is 11.7. The lowest BCUT2D eigenvalue weighted by molar-refractivity contribution is -0.113. The fraction of sp³-hybridized carbons (Fsp3) is 0.429. The molecular formula is C28H32ClN5O2S2. The number of nitriles is 1. The highest BCUT2D eigenvalue weighted by molar-refractivity contribution is 7.99. The number of thioether (sulfide) groups is 1. The van der Waals surface area contributed by atoms with E-state index in [2.05, 4.69) is 28.2 Å². The number of aromatic nitrogens is 3. The number of hydrogen-bond acceptors (Lipinski definition) is 7. The summed E-state index contributed by atoms with van der Waals surface area (Å²) in [5, 5.41) is 23.5. The minimum atomic E-state index is -0.151. The molecule has 0 atom stereocenters. The summed E-state index contributed by atoms with van der Waals surface area (Å²) >= 11 is 8.91. The first kappa shape index (κ1) is 28.2. The van der Waals surface area contributed by atoms with Gasteiger partial charge in [-0.05, 0) is 68.4 Å². The number of amides is 1. The molecule has 3 aromatic rings. The van der Waals surface area contributed by atoms with Crippen LogP contribution in [0.4, 0.5) is 5.00 Å². The van der Waals surface area contributed by atoms with Crippen molar-refractivity contribution in [2.24, 2.45) is 0 Å². The van der Waals surface area contributed by atoms with E-state index in [0.717, 1.165) is 54.8 Å². The van der Waals surface area contributed by atoms with Crippen LogP contribution in [0.5, 0.6) is 5.75 Å². The molecule has 1 N–H and O–H groups in total. The molecule has 0 bridgehead atoms. The van der Waals surface area contributed by atoms with Crippen molar-refractivity contribution in [3.8, 4) is 11.8 Å². The molecule has 2 heterocycles. The maximum absolute atomic E-state index is 12.8. The number of rotatable bonds is 11. The summed E-state index contributed by atoms with van der Waals surface area (Å²) in [5.74, 6) is 1.68. The molecule has 0 saturated carbocycles.